The van der Waals surface area contributed by atoms with Crippen LogP contribution in [0.5, 0.6) is 0 Å². The number of hydrogen-bond acceptors (Lipinski definition) is 3. The summed E-state index contributed by atoms with van der Waals surface area (Å²) in [7, 11) is 1.95. The molecule has 0 saturated carbocycles. The van der Waals surface area contributed by atoms with Crippen molar-refractivity contribution in [3.63, 3.8) is 0 Å². The molecule has 5 nitrogen and oxygen atoms in total. The molecule has 1 aromatic heterocycles. The van der Waals surface area contributed by atoms with Crippen molar-refractivity contribution < 1.29 is 4.79 Å². The van der Waals surface area contributed by atoms with Crippen LogP contribution in [0.1, 0.15) is 38.9 Å². The first-order valence-corrected chi connectivity index (χ1v) is 9.91. The molecule has 1 unspecified atom stereocenters. The summed E-state index contributed by atoms with van der Waals surface area (Å²) in [4.78, 5) is 22.1. The van der Waals surface area contributed by atoms with Crippen molar-refractivity contribution in [1.82, 2.24) is 19.4 Å². The van der Waals surface area contributed by atoms with E-state index in [-0.39, 0.29) is 5.41 Å². The van der Waals surface area contributed by atoms with E-state index in [1.54, 1.807) is 0 Å². The Balaban J connectivity index is 1.57. The highest BCUT2D eigenvalue weighted by Gasteiger charge is 2.47. The van der Waals surface area contributed by atoms with Gasteiger partial charge in [-0.15, -0.1) is 0 Å². The molecule has 1 aromatic carbocycles. The maximum Gasteiger partial charge on any atom is 0.229 e. The Morgan fingerprint density at radius 2 is 2.00 bits per heavy atom. The van der Waals surface area contributed by atoms with Crippen LogP contribution < -0.4 is 0 Å². The van der Waals surface area contributed by atoms with Gasteiger partial charge >= 0.3 is 0 Å². The van der Waals surface area contributed by atoms with Crippen LogP contribution in [-0.2, 0) is 17.9 Å². The molecule has 0 aliphatic carbocycles. The summed E-state index contributed by atoms with van der Waals surface area (Å²) in [6.45, 7) is 9.09. The number of imidazole rings is 1. The van der Waals surface area contributed by atoms with Gasteiger partial charge in [0.15, 0.2) is 0 Å². The summed E-state index contributed by atoms with van der Waals surface area (Å²) in [6.07, 6.45) is 3.15. The average molecular weight is 354 g/mol. The normalized spacial score (nSPS) is 24.5. The molecule has 2 aromatic rings. The lowest BCUT2D eigenvalue weighted by atomic mass is 9.78. The first-order valence-electron chi connectivity index (χ1n) is 9.91. The Morgan fingerprint density at radius 3 is 2.81 bits per heavy atom. The van der Waals surface area contributed by atoms with E-state index in [0.29, 0.717) is 11.8 Å². The number of carbonyl (C=O) groups excluding carboxylic acids is 1. The minimum atomic E-state index is -0.151. The van der Waals surface area contributed by atoms with Crippen molar-refractivity contribution in [2.75, 3.05) is 26.7 Å². The standard InChI is InChI=1S/C21H30N4O/c1-16(2)13-25-18-8-5-4-7-17(18)22-19(25)14-24-12-10-21(15-24)9-6-11-23(3)20(21)26/h4-5,7-8,16H,6,9-15H2,1-3H3. The van der Waals surface area contributed by atoms with Gasteiger partial charge in [-0.1, -0.05) is 26.0 Å². The van der Waals surface area contributed by atoms with E-state index in [1.165, 1.54) is 5.52 Å². The molecule has 140 valence electrons. The van der Waals surface area contributed by atoms with E-state index in [0.717, 1.165) is 63.3 Å². The molecule has 0 bridgehead atoms. The minimum absolute atomic E-state index is 0.151. The highest BCUT2D eigenvalue weighted by Crippen LogP contribution is 2.40. The topological polar surface area (TPSA) is 41.4 Å². The number of nitrogens with zero attached hydrogens (tertiary/aromatic N) is 4. The molecule has 2 fully saturated rings. The zero-order valence-corrected chi connectivity index (χ0v) is 16.2. The van der Waals surface area contributed by atoms with Gasteiger partial charge in [-0.2, -0.15) is 0 Å². The lowest BCUT2D eigenvalue weighted by Crippen LogP contribution is -2.48. The van der Waals surface area contributed by atoms with Crippen LogP contribution in [0, 0.1) is 11.3 Å². The summed E-state index contributed by atoms with van der Waals surface area (Å²) < 4.78 is 2.37. The lowest BCUT2D eigenvalue weighted by Gasteiger charge is -2.37. The zero-order chi connectivity index (χ0) is 18.3. The Kier molecular flexibility index (Phi) is 4.51. The smallest absolute Gasteiger partial charge is 0.229 e. The van der Waals surface area contributed by atoms with Crippen molar-refractivity contribution in [3.05, 3.63) is 30.1 Å². The van der Waals surface area contributed by atoms with E-state index in [1.807, 2.05) is 11.9 Å². The fourth-order valence-corrected chi connectivity index (χ4v) is 4.75. The number of benzene rings is 1. The highest BCUT2D eigenvalue weighted by molar-refractivity contribution is 5.84. The molecule has 0 N–H and O–H groups in total. The van der Waals surface area contributed by atoms with Gasteiger partial charge < -0.3 is 9.47 Å². The Hall–Kier alpha value is -1.88. The van der Waals surface area contributed by atoms with E-state index in [2.05, 4.69) is 47.6 Å². The van der Waals surface area contributed by atoms with Crippen molar-refractivity contribution in [2.45, 2.75) is 46.2 Å². The molecule has 2 aliphatic heterocycles. The summed E-state index contributed by atoms with van der Waals surface area (Å²) in [5, 5.41) is 0. The summed E-state index contributed by atoms with van der Waals surface area (Å²) >= 11 is 0. The number of aromatic nitrogens is 2. The maximum atomic E-state index is 12.8. The molecular formula is C21H30N4O. The van der Waals surface area contributed by atoms with Gasteiger partial charge in [0.2, 0.25) is 5.91 Å². The summed E-state index contributed by atoms with van der Waals surface area (Å²) in [6, 6.07) is 8.41. The number of hydrogen-bond donors (Lipinski definition) is 0. The Labute approximate surface area is 156 Å². The first kappa shape index (κ1) is 17.5. The molecule has 1 spiro atoms. The SMILES string of the molecule is CC(C)Cn1c(CN2CCC3(CCCN(C)C3=O)C2)nc2ccccc21. The van der Waals surface area contributed by atoms with Crippen molar-refractivity contribution >= 4 is 16.9 Å². The largest absolute Gasteiger partial charge is 0.345 e. The molecule has 1 atom stereocenters. The summed E-state index contributed by atoms with van der Waals surface area (Å²) in [5.74, 6) is 2.06. The second kappa shape index (κ2) is 6.69. The molecule has 4 rings (SSSR count). The number of carbonyl (C=O) groups is 1. The lowest BCUT2D eigenvalue weighted by molar-refractivity contribution is -0.143. The van der Waals surface area contributed by atoms with Gasteiger partial charge in [-0.3, -0.25) is 9.69 Å². The summed E-state index contributed by atoms with van der Waals surface area (Å²) in [5.41, 5.74) is 2.14. The third kappa shape index (κ3) is 3.02. The number of piperidine rings is 1. The maximum absolute atomic E-state index is 12.8. The minimum Gasteiger partial charge on any atom is -0.345 e. The highest BCUT2D eigenvalue weighted by atomic mass is 16.2. The fraction of sp³-hybridized carbons (Fsp3) is 0.619. The van der Waals surface area contributed by atoms with Gasteiger partial charge in [0, 0.05) is 26.7 Å². The number of fused-ring (bicyclic) bond motifs is 1. The molecule has 2 saturated heterocycles. The van der Waals surface area contributed by atoms with Crippen LogP contribution >= 0.6 is 0 Å². The van der Waals surface area contributed by atoms with E-state index in [9.17, 15) is 4.79 Å². The van der Waals surface area contributed by atoms with Crippen molar-refractivity contribution in [1.29, 1.82) is 0 Å². The van der Waals surface area contributed by atoms with Gasteiger partial charge in [0.05, 0.1) is 23.0 Å². The third-order valence-electron chi connectivity index (χ3n) is 6.03. The van der Waals surface area contributed by atoms with Gasteiger partial charge in [-0.25, -0.2) is 4.98 Å². The van der Waals surface area contributed by atoms with Crippen LogP contribution in [0.15, 0.2) is 24.3 Å². The van der Waals surface area contributed by atoms with Crippen LogP contribution in [0.25, 0.3) is 11.0 Å². The second-order valence-electron chi connectivity index (χ2n) is 8.59. The molecule has 5 heteroatoms. The van der Waals surface area contributed by atoms with Gasteiger partial charge in [0.25, 0.3) is 0 Å². The second-order valence-corrected chi connectivity index (χ2v) is 8.59. The predicted octanol–water partition coefficient (Wildman–Crippen LogP) is 3.14. The van der Waals surface area contributed by atoms with Crippen LogP contribution in [0.3, 0.4) is 0 Å². The number of likely N-dealkylation sites (tertiary alicyclic amines) is 2. The van der Waals surface area contributed by atoms with Gasteiger partial charge in [0.1, 0.15) is 5.82 Å². The molecule has 26 heavy (non-hydrogen) atoms. The Bertz CT molecular complexity index is 811. The predicted molar refractivity (Wildman–Crippen MR) is 104 cm³/mol. The molecular weight excluding hydrogens is 324 g/mol. The number of amides is 1. The molecule has 3 heterocycles. The van der Waals surface area contributed by atoms with Crippen molar-refractivity contribution in [3.8, 4) is 0 Å². The number of rotatable bonds is 4. The average Bonchev–Trinajstić information content (AvgIpc) is 3.16. The molecule has 0 radical (unpaired) electrons. The number of para-hydroxylation sites is 2. The van der Waals surface area contributed by atoms with Crippen LogP contribution in [0.2, 0.25) is 0 Å². The third-order valence-corrected chi connectivity index (χ3v) is 6.03. The Morgan fingerprint density at radius 1 is 1.19 bits per heavy atom. The molecule has 2 aliphatic rings. The monoisotopic (exact) mass is 354 g/mol. The van der Waals surface area contributed by atoms with E-state index >= 15 is 0 Å². The van der Waals surface area contributed by atoms with Gasteiger partial charge in [-0.05, 0) is 43.9 Å². The molecule has 1 amide bonds. The van der Waals surface area contributed by atoms with Crippen molar-refractivity contribution in [2.24, 2.45) is 11.3 Å². The zero-order valence-electron chi connectivity index (χ0n) is 16.2. The van der Waals surface area contributed by atoms with E-state index < -0.39 is 0 Å². The van der Waals surface area contributed by atoms with Crippen LogP contribution in [-0.4, -0.2) is 51.9 Å². The first-order chi connectivity index (χ1) is 12.5. The van der Waals surface area contributed by atoms with Crippen LogP contribution in [0.4, 0.5) is 0 Å². The fourth-order valence-electron chi connectivity index (χ4n) is 4.75. The quantitative estimate of drug-likeness (QED) is 0.847. The van der Waals surface area contributed by atoms with E-state index in [4.69, 9.17) is 4.98 Å².